The van der Waals surface area contributed by atoms with E-state index in [0.29, 0.717) is 19.1 Å². The van der Waals surface area contributed by atoms with Gasteiger partial charge in [0.15, 0.2) is 0 Å². The number of halogens is 1. The lowest BCUT2D eigenvalue weighted by Crippen LogP contribution is -3.00. The van der Waals surface area contributed by atoms with Crippen molar-refractivity contribution in [2.24, 2.45) is 0 Å². The highest BCUT2D eigenvalue weighted by Crippen LogP contribution is 2.30. The van der Waals surface area contributed by atoms with Crippen LogP contribution in [0.3, 0.4) is 0 Å². The molecule has 0 radical (unpaired) electrons. The fourth-order valence-corrected chi connectivity index (χ4v) is 7.46. The van der Waals surface area contributed by atoms with Crippen LogP contribution in [0, 0.1) is 0 Å². The molecule has 298 valence electrons. The monoisotopic (exact) mass is 827 g/mol. The topological polar surface area (TPSA) is 47.6 Å². The highest BCUT2D eigenvalue weighted by atomic mass is 127. The lowest BCUT2D eigenvalue weighted by atomic mass is 9.88. The van der Waals surface area contributed by atoms with E-state index in [-0.39, 0.29) is 36.0 Å². The number of hydrogen-bond acceptors (Lipinski definition) is 3. The Morgan fingerprint density at radius 1 is 0.686 bits per heavy atom. The van der Waals surface area contributed by atoms with Crippen molar-refractivity contribution in [2.75, 3.05) is 53.6 Å². The zero-order valence-corrected chi connectivity index (χ0v) is 36.3. The first kappa shape index (κ1) is 48.3. The molecule has 1 aromatic carbocycles. The molecule has 0 saturated carbocycles. The Bertz CT molecular complexity index is 932. The zero-order valence-electron chi connectivity index (χ0n) is 34.1. The summed E-state index contributed by atoms with van der Waals surface area (Å²) in [4.78, 5) is 13.3. The number of amides is 1. The van der Waals surface area contributed by atoms with Gasteiger partial charge in [0.05, 0.1) is 39.9 Å². The Kier molecular flexibility index (Phi) is 31.0. The Balaban J connectivity index is 0.0000130. The number of rotatable bonds is 33. The average molecular weight is 827 g/mol. The van der Waals surface area contributed by atoms with E-state index in [1.54, 1.807) is 0 Å². The first-order chi connectivity index (χ1) is 24.4. The second-order valence-electron chi connectivity index (χ2n) is 16.3. The second kappa shape index (κ2) is 32.7. The quantitative estimate of drug-likeness (QED) is 0.0437. The van der Waals surface area contributed by atoms with Crippen molar-refractivity contribution in [1.82, 2.24) is 5.32 Å². The molecule has 1 amide bonds. The second-order valence-corrected chi connectivity index (χ2v) is 16.3. The number of hydrogen-bond donors (Lipinski definition) is 1. The molecule has 51 heavy (non-hydrogen) atoms. The van der Waals surface area contributed by atoms with Crippen molar-refractivity contribution < 1.29 is 42.7 Å². The van der Waals surface area contributed by atoms with Gasteiger partial charge in [-0.1, -0.05) is 167 Å². The van der Waals surface area contributed by atoms with Gasteiger partial charge >= 0.3 is 0 Å². The average Bonchev–Trinajstić information content (AvgIpc) is 3.12. The molecule has 1 aliphatic heterocycles. The number of carbonyl (C=O) groups excluding carboxylic acids is 1. The summed E-state index contributed by atoms with van der Waals surface area (Å²) in [6.45, 7) is 9.53. The maximum absolute atomic E-state index is 13.3. The normalized spacial score (nSPS) is 15.1. The van der Waals surface area contributed by atoms with Gasteiger partial charge < -0.3 is 43.3 Å². The minimum Gasteiger partial charge on any atom is -1.00 e. The van der Waals surface area contributed by atoms with Crippen LogP contribution in [0.5, 0.6) is 0 Å². The molecule has 0 aromatic heterocycles. The molecule has 5 nitrogen and oxygen atoms in total. The third kappa shape index (κ3) is 25.9. The lowest BCUT2D eigenvalue weighted by Gasteiger charge is -2.37. The smallest absolute Gasteiger partial charge is 0.251 e. The summed E-state index contributed by atoms with van der Waals surface area (Å²) in [7, 11) is 4.64. The van der Waals surface area contributed by atoms with Crippen LogP contribution in [0.15, 0.2) is 24.3 Å². The summed E-state index contributed by atoms with van der Waals surface area (Å²) in [5.41, 5.74) is 2.07. The SMILES string of the molecule is CCCCCCCCCCCCCCOCC(CNC(=O)c1cccc(C2CC[N+](C)(C)CC2)c1)OCCCCCCCCCCCCCC.[I-]. The number of ether oxygens (including phenoxy) is 2. The van der Waals surface area contributed by atoms with E-state index in [1.165, 1.54) is 173 Å². The minimum absolute atomic E-state index is 0. The van der Waals surface area contributed by atoms with E-state index in [0.717, 1.165) is 36.1 Å². The summed E-state index contributed by atoms with van der Waals surface area (Å²) in [6.07, 6.45) is 34.5. The number of carbonyl (C=O) groups is 1. The molecule has 1 saturated heterocycles. The van der Waals surface area contributed by atoms with Gasteiger partial charge in [-0.15, -0.1) is 0 Å². The van der Waals surface area contributed by atoms with Gasteiger partial charge in [0.2, 0.25) is 0 Å². The Hall–Kier alpha value is -0.700. The molecule has 0 aliphatic carbocycles. The van der Waals surface area contributed by atoms with Gasteiger partial charge in [-0.2, -0.15) is 0 Å². The van der Waals surface area contributed by atoms with Crippen LogP contribution in [0.2, 0.25) is 0 Å². The molecule has 1 aromatic rings. The largest absolute Gasteiger partial charge is 1.00 e. The van der Waals surface area contributed by atoms with Crippen LogP contribution in [0.1, 0.15) is 203 Å². The number of quaternary nitrogens is 1. The Morgan fingerprint density at radius 3 is 1.63 bits per heavy atom. The maximum atomic E-state index is 13.3. The summed E-state index contributed by atoms with van der Waals surface area (Å²) in [5.74, 6) is 0.549. The molecule has 1 heterocycles. The molecule has 6 heteroatoms. The van der Waals surface area contributed by atoms with E-state index in [1.807, 2.05) is 6.07 Å². The fraction of sp³-hybridized carbons (Fsp3) is 0.844. The van der Waals surface area contributed by atoms with E-state index in [2.05, 4.69) is 51.5 Å². The highest BCUT2D eigenvalue weighted by Gasteiger charge is 2.27. The molecule has 1 aliphatic rings. The summed E-state index contributed by atoms with van der Waals surface area (Å²) >= 11 is 0. The van der Waals surface area contributed by atoms with Crippen molar-refractivity contribution in [1.29, 1.82) is 0 Å². The van der Waals surface area contributed by atoms with E-state index >= 15 is 0 Å². The van der Waals surface area contributed by atoms with Gasteiger partial charge in [-0.25, -0.2) is 0 Å². The predicted octanol–water partition coefficient (Wildman–Crippen LogP) is 9.18. The first-order valence-electron chi connectivity index (χ1n) is 21.8. The number of nitrogens with one attached hydrogen (secondary N) is 1. The van der Waals surface area contributed by atoms with Gasteiger partial charge in [0.25, 0.3) is 5.91 Å². The number of benzene rings is 1. The van der Waals surface area contributed by atoms with Gasteiger partial charge in [0.1, 0.15) is 0 Å². The van der Waals surface area contributed by atoms with Crippen LogP contribution < -0.4 is 29.3 Å². The van der Waals surface area contributed by atoms with Crippen LogP contribution in [0.4, 0.5) is 0 Å². The lowest BCUT2D eigenvalue weighted by molar-refractivity contribution is -0.895. The number of nitrogens with zero attached hydrogens (tertiary/aromatic N) is 1. The third-order valence-corrected chi connectivity index (χ3v) is 11.1. The van der Waals surface area contributed by atoms with Crippen molar-refractivity contribution >= 4 is 5.91 Å². The highest BCUT2D eigenvalue weighted by molar-refractivity contribution is 5.94. The van der Waals surface area contributed by atoms with Crippen LogP contribution in [-0.4, -0.2) is 70.0 Å². The van der Waals surface area contributed by atoms with Gasteiger partial charge in [-0.05, 0) is 36.5 Å². The van der Waals surface area contributed by atoms with E-state index < -0.39 is 0 Å². The van der Waals surface area contributed by atoms with Crippen molar-refractivity contribution in [3.8, 4) is 0 Å². The van der Waals surface area contributed by atoms with Crippen LogP contribution in [0.25, 0.3) is 0 Å². The summed E-state index contributed by atoms with van der Waals surface area (Å²) < 4.78 is 13.6. The van der Waals surface area contributed by atoms with Crippen molar-refractivity contribution in [3.05, 3.63) is 35.4 Å². The standard InChI is InChI=1S/C45H82N2O3.HI/c1-5-7-9-11-13-15-17-19-21-23-25-27-36-49-40-44(50-37-28-26-24-22-20-18-16-14-12-10-8-6-2)39-46-45(48)43-31-29-30-42(38-43)41-32-34-47(3,4)35-33-41;/h29-31,38,41,44H,5-28,32-37,39-40H2,1-4H3;1H. The molecule has 1 fully saturated rings. The number of piperidine rings is 1. The molecule has 1 unspecified atom stereocenters. The summed E-state index contributed by atoms with van der Waals surface area (Å²) in [5, 5.41) is 3.19. The summed E-state index contributed by atoms with van der Waals surface area (Å²) in [6, 6.07) is 8.33. The molecule has 0 bridgehead atoms. The molecule has 0 spiro atoms. The van der Waals surface area contributed by atoms with Gasteiger partial charge in [-0.3, -0.25) is 4.79 Å². The third-order valence-electron chi connectivity index (χ3n) is 11.1. The molecule has 2 rings (SSSR count). The van der Waals surface area contributed by atoms with Crippen molar-refractivity contribution in [2.45, 2.75) is 193 Å². The molecule has 1 N–H and O–H groups in total. The molecule has 1 atom stereocenters. The van der Waals surface area contributed by atoms with Crippen molar-refractivity contribution in [3.63, 3.8) is 0 Å². The van der Waals surface area contributed by atoms with Crippen LogP contribution in [-0.2, 0) is 9.47 Å². The Morgan fingerprint density at radius 2 is 1.14 bits per heavy atom. The fourth-order valence-electron chi connectivity index (χ4n) is 7.46. The zero-order chi connectivity index (χ0) is 36.0. The molecular formula is C45H83IN2O3. The maximum Gasteiger partial charge on any atom is 0.251 e. The van der Waals surface area contributed by atoms with E-state index in [9.17, 15) is 4.79 Å². The number of likely N-dealkylation sites (tertiary alicyclic amines) is 1. The Labute approximate surface area is 334 Å². The molecular weight excluding hydrogens is 743 g/mol. The van der Waals surface area contributed by atoms with Gasteiger partial charge in [0, 0.05) is 38.2 Å². The predicted molar refractivity (Wildman–Crippen MR) is 215 cm³/mol. The van der Waals surface area contributed by atoms with Crippen LogP contribution >= 0.6 is 0 Å². The number of unbranched alkanes of at least 4 members (excludes halogenated alkanes) is 22. The minimum atomic E-state index is -0.106. The van der Waals surface area contributed by atoms with E-state index in [4.69, 9.17) is 9.47 Å². The first-order valence-corrected chi connectivity index (χ1v) is 21.8.